The SMILES string of the molecule is Cc1ccc(OC(=S)O[C@@H]2[C@H](O)[C@@H](Oc3ccc(F)cc3)O[C@H](CO)[C@H]2O)cc1. The summed E-state index contributed by atoms with van der Waals surface area (Å²) in [6.45, 7) is 1.37. The third kappa shape index (κ3) is 5.40. The number of halogens is 1. The Morgan fingerprint density at radius 3 is 2.28 bits per heavy atom. The van der Waals surface area contributed by atoms with Gasteiger partial charge in [0, 0.05) is 12.2 Å². The van der Waals surface area contributed by atoms with Crippen molar-refractivity contribution in [3.63, 3.8) is 0 Å². The lowest BCUT2D eigenvalue weighted by Crippen LogP contribution is -2.61. The van der Waals surface area contributed by atoms with Crippen LogP contribution in [0.1, 0.15) is 5.56 Å². The molecule has 29 heavy (non-hydrogen) atoms. The van der Waals surface area contributed by atoms with Crippen LogP contribution in [0.5, 0.6) is 11.5 Å². The minimum absolute atomic E-state index is 0.223. The molecule has 2 aromatic rings. The predicted octanol–water partition coefficient (Wildman–Crippen LogP) is 1.70. The van der Waals surface area contributed by atoms with Crippen molar-refractivity contribution in [2.75, 3.05) is 6.61 Å². The molecule has 1 saturated heterocycles. The Morgan fingerprint density at radius 2 is 1.66 bits per heavy atom. The van der Waals surface area contributed by atoms with Gasteiger partial charge in [-0.15, -0.1) is 0 Å². The number of benzene rings is 2. The maximum atomic E-state index is 13.1. The zero-order chi connectivity index (χ0) is 21.0. The molecule has 9 heteroatoms. The summed E-state index contributed by atoms with van der Waals surface area (Å²) in [7, 11) is 0. The summed E-state index contributed by atoms with van der Waals surface area (Å²) in [5, 5.41) is 30.1. The highest BCUT2D eigenvalue weighted by molar-refractivity contribution is 7.79. The summed E-state index contributed by atoms with van der Waals surface area (Å²) >= 11 is 5.06. The third-order valence-electron chi connectivity index (χ3n) is 4.34. The fourth-order valence-electron chi connectivity index (χ4n) is 2.77. The van der Waals surface area contributed by atoms with Crippen molar-refractivity contribution in [2.24, 2.45) is 0 Å². The lowest BCUT2D eigenvalue weighted by molar-refractivity contribution is -0.275. The normalized spacial score (nSPS) is 26.6. The highest BCUT2D eigenvalue weighted by Crippen LogP contribution is 2.27. The number of thiocarbonyl (C=S) groups is 1. The van der Waals surface area contributed by atoms with E-state index in [0.717, 1.165) is 5.56 Å². The summed E-state index contributed by atoms with van der Waals surface area (Å²) in [6, 6.07) is 12.1. The van der Waals surface area contributed by atoms with Gasteiger partial charge < -0.3 is 34.3 Å². The van der Waals surface area contributed by atoms with E-state index in [-0.39, 0.29) is 11.0 Å². The first-order valence-corrected chi connectivity index (χ1v) is 9.28. The van der Waals surface area contributed by atoms with Crippen LogP contribution < -0.4 is 9.47 Å². The Labute approximate surface area is 172 Å². The molecule has 5 atom stereocenters. The second-order valence-corrected chi connectivity index (χ2v) is 6.86. The van der Waals surface area contributed by atoms with E-state index < -0.39 is 43.1 Å². The second kappa shape index (κ2) is 9.47. The van der Waals surface area contributed by atoms with Crippen molar-refractivity contribution in [3.05, 3.63) is 59.9 Å². The van der Waals surface area contributed by atoms with E-state index in [1.807, 2.05) is 19.1 Å². The maximum Gasteiger partial charge on any atom is 0.358 e. The molecule has 0 aliphatic carbocycles. The van der Waals surface area contributed by atoms with Crippen LogP contribution in [0.25, 0.3) is 0 Å². The quantitative estimate of drug-likeness (QED) is 0.624. The van der Waals surface area contributed by atoms with E-state index in [1.165, 1.54) is 24.3 Å². The van der Waals surface area contributed by atoms with Crippen molar-refractivity contribution in [1.82, 2.24) is 0 Å². The number of aliphatic hydroxyl groups excluding tert-OH is 3. The summed E-state index contributed by atoms with van der Waals surface area (Å²) in [4.78, 5) is 0. The standard InChI is InChI=1S/C20H21FO7S/c1-11-2-6-14(7-3-11)26-20(29)28-18-16(23)15(10-22)27-19(17(18)24)25-13-8-4-12(21)5-9-13/h2-9,15-19,22-24H,10H2,1H3/t15-,16-,17+,18+,19+/m1/s1. The average molecular weight is 424 g/mol. The highest BCUT2D eigenvalue weighted by Gasteiger charge is 2.47. The monoisotopic (exact) mass is 424 g/mol. The number of rotatable bonds is 5. The molecule has 2 aromatic carbocycles. The van der Waals surface area contributed by atoms with Gasteiger partial charge in [0.1, 0.15) is 29.5 Å². The molecular formula is C20H21FO7S. The number of aliphatic hydroxyl groups is 3. The second-order valence-electron chi connectivity index (χ2n) is 6.53. The molecule has 3 N–H and O–H groups in total. The lowest BCUT2D eigenvalue weighted by atomic mass is 9.99. The van der Waals surface area contributed by atoms with Crippen LogP contribution in [0.3, 0.4) is 0 Å². The summed E-state index contributed by atoms with van der Waals surface area (Å²) < 4.78 is 34.8. The smallest absolute Gasteiger partial charge is 0.358 e. The van der Waals surface area contributed by atoms with Crippen LogP contribution in [-0.2, 0) is 9.47 Å². The van der Waals surface area contributed by atoms with Crippen molar-refractivity contribution in [1.29, 1.82) is 0 Å². The molecule has 3 rings (SSSR count). The molecule has 0 unspecified atom stereocenters. The van der Waals surface area contributed by atoms with Crippen molar-refractivity contribution < 1.29 is 38.7 Å². The number of hydrogen-bond acceptors (Lipinski definition) is 8. The Bertz CT molecular complexity index is 815. The minimum atomic E-state index is -1.47. The van der Waals surface area contributed by atoms with Crippen LogP contribution in [0, 0.1) is 12.7 Å². The predicted molar refractivity (Wildman–Crippen MR) is 104 cm³/mol. The molecule has 7 nitrogen and oxygen atoms in total. The Hall–Kier alpha value is -2.30. The van der Waals surface area contributed by atoms with Crippen LogP contribution in [0.4, 0.5) is 4.39 Å². The molecule has 0 amide bonds. The first kappa shape index (κ1) is 21.4. The molecule has 0 saturated carbocycles. The molecule has 0 radical (unpaired) electrons. The van der Waals surface area contributed by atoms with Crippen LogP contribution in [0.15, 0.2) is 48.5 Å². The van der Waals surface area contributed by atoms with Gasteiger partial charge in [-0.25, -0.2) is 4.39 Å². The van der Waals surface area contributed by atoms with Gasteiger partial charge in [-0.05, 0) is 43.3 Å². The van der Waals surface area contributed by atoms with Crippen molar-refractivity contribution >= 4 is 17.5 Å². The fourth-order valence-corrected chi connectivity index (χ4v) is 2.98. The lowest BCUT2D eigenvalue weighted by Gasteiger charge is -2.41. The molecule has 0 aromatic heterocycles. The van der Waals surface area contributed by atoms with Crippen molar-refractivity contribution in [3.8, 4) is 11.5 Å². The minimum Gasteiger partial charge on any atom is -0.462 e. The molecule has 0 spiro atoms. The number of hydrogen-bond donors (Lipinski definition) is 3. The first-order chi connectivity index (χ1) is 13.9. The molecule has 1 aliphatic heterocycles. The Balaban J connectivity index is 1.70. The topological polar surface area (TPSA) is 97.6 Å². The third-order valence-corrected chi connectivity index (χ3v) is 4.52. The van der Waals surface area contributed by atoms with Gasteiger partial charge in [-0.3, -0.25) is 0 Å². The van der Waals surface area contributed by atoms with Gasteiger partial charge >= 0.3 is 5.24 Å². The zero-order valence-corrected chi connectivity index (χ0v) is 16.3. The molecule has 1 fully saturated rings. The molecule has 0 bridgehead atoms. The van der Waals surface area contributed by atoms with E-state index in [0.29, 0.717) is 5.75 Å². The van der Waals surface area contributed by atoms with Crippen molar-refractivity contribution in [2.45, 2.75) is 37.6 Å². The van der Waals surface area contributed by atoms with Crippen LogP contribution >= 0.6 is 12.2 Å². The van der Waals surface area contributed by atoms with Crippen LogP contribution in [-0.4, -0.2) is 57.9 Å². The van der Waals surface area contributed by atoms with Gasteiger partial charge in [0.2, 0.25) is 6.29 Å². The summed E-state index contributed by atoms with van der Waals surface area (Å²) in [6.07, 6.45) is -6.56. The highest BCUT2D eigenvalue weighted by atomic mass is 32.1. The largest absolute Gasteiger partial charge is 0.462 e. The van der Waals surface area contributed by atoms with Crippen LogP contribution in [0.2, 0.25) is 0 Å². The van der Waals surface area contributed by atoms with Gasteiger partial charge in [0.05, 0.1) is 6.61 Å². The average Bonchev–Trinajstić information content (AvgIpc) is 2.70. The maximum absolute atomic E-state index is 13.1. The van der Waals surface area contributed by atoms with E-state index in [1.54, 1.807) is 12.1 Å². The summed E-state index contributed by atoms with van der Waals surface area (Å²) in [5.41, 5.74) is 1.03. The van der Waals surface area contributed by atoms with Gasteiger partial charge in [-0.2, -0.15) is 0 Å². The van der Waals surface area contributed by atoms with Gasteiger partial charge in [0.25, 0.3) is 0 Å². The van der Waals surface area contributed by atoms with E-state index in [9.17, 15) is 19.7 Å². The fraction of sp³-hybridized carbons (Fsp3) is 0.350. The Morgan fingerprint density at radius 1 is 1.03 bits per heavy atom. The number of ether oxygens (including phenoxy) is 4. The zero-order valence-electron chi connectivity index (χ0n) is 15.5. The molecule has 156 valence electrons. The van der Waals surface area contributed by atoms with Gasteiger partial charge in [0.15, 0.2) is 12.2 Å². The Kier molecular flexibility index (Phi) is 6.99. The van der Waals surface area contributed by atoms with E-state index in [4.69, 9.17) is 31.2 Å². The molecular weight excluding hydrogens is 403 g/mol. The van der Waals surface area contributed by atoms with E-state index >= 15 is 0 Å². The molecule has 1 heterocycles. The van der Waals surface area contributed by atoms with Gasteiger partial charge in [-0.1, -0.05) is 17.7 Å². The molecule has 1 aliphatic rings. The summed E-state index contributed by atoms with van der Waals surface area (Å²) in [5.74, 6) is 0.196. The first-order valence-electron chi connectivity index (χ1n) is 8.87. The van der Waals surface area contributed by atoms with E-state index in [2.05, 4.69) is 0 Å². The number of aryl methyl sites for hydroxylation is 1.